The predicted molar refractivity (Wildman–Crippen MR) is 69.0 cm³/mol. The summed E-state index contributed by atoms with van der Waals surface area (Å²) >= 11 is 5.97. The smallest absolute Gasteiger partial charge is 0.123 e. The van der Waals surface area contributed by atoms with Crippen LogP contribution in [0, 0.1) is 12.7 Å². The zero-order valence-electron chi connectivity index (χ0n) is 9.90. The average molecular weight is 266 g/mol. The molecule has 1 aromatic carbocycles. The van der Waals surface area contributed by atoms with E-state index in [1.165, 1.54) is 12.1 Å². The molecular formula is C14H13ClFNO. The Balaban J connectivity index is 2.21. The third-order valence-electron chi connectivity index (χ3n) is 2.82. The van der Waals surface area contributed by atoms with Crippen LogP contribution < -0.4 is 0 Å². The van der Waals surface area contributed by atoms with Gasteiger partial charge in [0.25, 0.3) is 0 Å². The van der Waals surface area contributed by atoms with Crippen LogP contribution in [0.3, 0.4) is 0 Å². The van der Waals surface area contributed by atoms with Gasteiger partial charge in [-0.1, -0.05) is 17.7 Å². The molecule has 0 radical (unpaired) electrons. The van der Waals surface area contributed by atoms with Crippen LogP contribution in [0.15, 0.2) is 36.5 Å². The number of hydrogen-bond acceptors (Lipinski definition) is 2. The highest BCUT2D eigenvalue weighted by atomic mass is 35.5. The first-order chi connectivity index (χ1) is 8.58. The van der Waals surface area contributed by atoms with Gasteiger partial charge in [-0.2, -0.15) is 0 Å². The molecule has 18 heavy (non-hydrogen) atoms. The molecule has 0 aliphatic carbocycles. The second-order valence-corrected chi connectivity index (χ2v) is 4.57. The topological polar surface area (TPSA) is 33.1 Å². The van der Waals surface area contributed by atoms with Crippen LogP contribution in [0.1, 0.15) is 22.9 Å². The van der Waals surface area contributed by atoms with Crippen molar-refractivity contribution in [2.75, 3.05) is 0 Å². The van der Waals surface area contributed by atoms with Crippen molar-refractivity contribution >= 4 is 11.6 Å². The predicted octanol–water partition coefficient (Wildman–Crippen LogP) is 3.46. The van der Waals surface area contributed by atoms with Gasteiger partial charge in [0.1, 0.15) is 11.9 Å². The van der Waals surface area contributed by atoms with Crippen molar-refractivity contribution in [3.63, 3.8) is 0 Å². The summed E-state index contributed by atoms with van der Waals surface area (Å²) in [7, 11) is 0. The third kappa shape index (κ3) is 2.86. The largest absolute Gasteiger partial charge is 0.386 e. The summed E-state index contributed by atoms with van der Waals surface area (Å²) in [5, 5.41) is 10.5. The summed E-state index contributed by atoms with van der Waals surface area (Å²) in [6.07, 6.45) is 1.16. The van der Waals surface area contributed by atoms with E-state index in [-0.39, 0.29) is 5.82 Å². The van der Waals surface area contributed by atoms with Gasteiger partial charge in [0.15, 0.2) is 0 Å². The Hall–Kier alpha value is -1.45. The minimum Gasteiger partial charge on any atom is -0.386 e. The minimum atomic E-state index is -0.789. The first-order valence-corrected chi connectivity index (χ1v) is 5.99. The lowest BCUT2D eigenvalue weighted by Gasteiger charge is -2.13. The number of hydrogen-bond donors (Lipinski definition) is 1. The first-order valence-electron chi connectivity index (χ1n) is 5.61. The van der Waals surface area contributed by atoms with Crippen molar-refractivity contribution < 1.29 is 9.50 Å². The Morgan fingerprint density at radius 1 is 1.39 bits per heavy atom. The summed E-state index contributed by atoms with van der Waals surface area (Å²) in [5.74, 6) is -0.276. The molecule has 0 saturated heterocycles. The van der Waals surface area contributed by atoms with E-state index >= 15 is 0 Å². The molecule has 1 aromatic heterocycles. The Morgan fingerprint density at radius 2 is 2.17 bits per heavy atom. The number of benzene rings is 1. The molecule has 4 heteroatoms. The summed E-state index contributed by atoms with van der Waals surface area (Å²) in [5.41, 5.74) is 2.13. The van der Waals surface area contributed by atoms with Crippen LogP contribution in [0.25, 0.3) is 0 Å². The van der Waals surface area contributed by atoms with E-state index in [2.05, 4.69) is 4.98 Å². The van der Waals surface area contributed by atoms with Gasteiger partial charge in [0, 0.05) is 12.6 Å². The van der Waals surface area contributed by atoms with Crippen LogP contribution in [0.4, 0.5) is 4.39 Å². The van der Waals surface area contributed by atoms with Gasteiger partial charge in [-0.25, -0.2) is 4.39 Å². The lowest BCUT2D eigenvalue weighted by atomic mass is 10.0. The Labute approximate surface area is 110 Å². The molecular weight excluding hydrogens is 253 g/mol. The van der Waals surface area contributed by atoms with Gasteiger partial charge < -0.3 is 5.11 Å². The second kappa shape index (κ2) is 5.46. The molecule has 94 valence electrons. The molecule has 0 bridgehead atoms. The van der Waals surface area contributed by atoms with E-state index in [0.29, 0.717) is 17.1 Å². The van der Waals surface area contributed by atoms with Crippen LogP contribution >= 0.6 is 11.6 Å². The van der Waals surface area contributed by atoms with Gasteiger partial charge in [-0.3, -0.25) is 4.98 Å². The number of rotatable bonds is 3. The number of halogens is 2. The van der Waals surface area contributed by atoms with Crippen molar-refractivity contribution in [3.05, 3.63) is 64.2 Å². The summed E-state index contributed by atoms with van der Waals surface area (Å²) < 4.78 is 13.0. The Bertz CT molecular complexity index is 559. The summed E-state index contributed by atoms with van der Waals surface area (Å²) in [4.78, 5) is 4.07. The van der Waals surface area contributed by atoms with E-state index < -0.39 is 6.10 Å². The number of aryl methyl sites for hydroxylation is 1. The quantitative estimate of drug-likeness (QED) is 0.922. The lowest BCUT2D eigenvalue weighted by Crippen LogP contribution is -2.06. The molecule has 1 atom stereocenters. The van der Waals surface area contributed by atoms with Crippen molar-refractivity contribution in [1.82, 2.24) is 4.98 Å². The highest BCUT2D eigenvalue weighted by Gasteiger charge is 2.14. The van der Waals surface area contributed by atoms with E-state index in [1.54, 1.807) is 24.4 Å². The first kappa shape index (κ1) is 13.0. The van der Waals surface area contributed by atoms with Crippen LogP contribution in [-0.2, 0) is 6.42 Å². The molecule has 1 unspecified atom stereocenters. The summed E-state index contributed by atoms with van der Waals surface area (Å²) in [6, 6.07) is 7.90. The van der Waals surface area contributed by atoms with E-state index in [1.807, 2.05) is 6.92 Å². The van der Waals surface area contributed by atoms with Crippen molar-refractivity contribution in [2.24, 2.45) is 0 Å². The standard InChI is InChI=1S/C14H13ClFNO/c1-9-7-11(16)5-4-10(9)8-13(18)14-12(15)3-2-6-17-14/h2-7,13,18H,8H2,1H3. The highest BCUT2D eigenvalue weighted by Crippen LogP contribution is 2.24. The third-order valence-corrected chi connectivity index (χ3v) is 3.14. The molecule has 2 aromatic rings. The molecule has 0 aliphatic rings. The molecule has 0 spiro atoms. The molecule has 0 fully saturated rings. The molecule has 2 rings (SSSR count). The molecule has 0 saturated carbocycles. The zero-order valence-corrected chi connectivity index (χ0v) is 10.7. The maximum absolute atomic E-state index is 13.0. The fourth-order valence-corrected chi connectivity index (χ4v) is 2.08. The van der Waals surface area contributed by atoms with Crippen molar-refractivity contribution in [1.29, 1.82) is 0 Å². The van der Waals surface area contributed by atoms with Gasteiger partial charge >= 0.3 is 0 Å². The fourth-order valence-electron chi connectivity index (χ4n) is 1.84. The summed E-state index contributed by atoms with van der Waals surface area (Å²) in [6.45, 7) is 1.81. The zero-order chi connectivity index (χ0) is 13.1. The molecule has 1 heterocycles. The van der Waals surface area contributed by atoms with Gasteiger partial charge in [0.05, 0.1) is 10.7 Å². The Kier molecular flexibility index (Phi) is 3.94. The number of aliphatic hydroxyl groups excluding tert-OH is 1. The van der Waals surface area contributed by atoms with Crippen LogP contribution in [0.5, 0.6) is 0 Å². The van der Waals surface area contributed by atoms with E-state index in [4.69, 9.17) is 11.6 Å². The SMILES string of the molecule is Cc1cc(F)ccc1CC(O)c1ncccc1Cl. The Morgan fingerprint density at radius 3 is 2.83 bits per heavy atom. The van der Waals surface area contributed by atoms with Gasteiger partial charge in [-0.15, -0.1) is 0 Å². The van der Waals surface area contributed by atoms with Crippen molar-refractivity contribution in [3.8, 4) is 0 Å². The number of pyridine rings is 1. The normalized spacial score (nSPS) is 12.4. The van der Waals surface area contributed by atoms with E-state index in [0.717, 1.165) is 11.1 Å². The van der Waals surface area contributed by atoms with Crippen LogP contribution in [0.2, 0.25) is 5.02 Å². The van der Waals surface area contributed by atoms with Crippen molar-refractivity contribution in [2.45, 2.75) is 19.4 Å². The molecule has 1 N–H and O–H groups in total. The number of aliphatic hydroxyl groups is 1. The monoisotopic (exact) mass is 265 g/mol. The fraction of sp³-hybridized carbons (Fsp3) is 0.214. The second-order valence-electron chi connectivity index (χ2n) is 4.16. The van der Waals surface area contributed by atoms with E-state index in [9.17, 15) is 9.50 Å². The highest BCUT2D eigenvalue weighted by molar-refractivity contribution is 6.31. The number of aromatic nitrogens is 1. The maximum Gasteiger partial charge on any atom is 0.123 e. The van der Waals surface area contributed by atoms with Crippen LogP contribution in [-0.4, -0.2) is 10.1 Å². The molecule has 2 nitrogen and oxygen atoms in total. The minimum absolute atomic E-state index is 0.276. The average Bonchev–Trinajstić information content (AvgIpc) is 2.33. The molecule has 0 aliphatic heterocycles. The van der Waals surface area contributed by atoms with Gasteiger partial charge in [0.2, 0.25) is 0 Å². The maximum atomic E-state index is 13.0. The van der Waals surface area contributed by atoms with Gasteiger partial charge in [-0.05, 0) is 42.3 Å². The lowest BCUT2D eigenvalue weighted by molar-refractivity contribution is 0.173. The number of nitrogens with zero attached hydrogens (tertiary/aromatic N) is 1. The molecule has 0 amide bonds.